The van der Waals surface area contributed by atoms with Crippen molar-refractivity contribution in [1.82, 2.24) is 15.1 Å². The number of nitrogens with zero attached hydrogens (tertiary/aromatic N) is 2. The van der Waals surface area contributed by atoms with Crippen LogP contribution in [0.25, 0.3) is 0 Å². The van der Waals surface area contributed by atoms with Gasteiger partial charge in [-0.3, -0.25) is 4.68 Å². The van der Waals surface area contributed by atoms with E-state index in [4.69, 9.17) is 0 Å². The Morgan fingerprint density at radius 2 is 2.18 bits per heavy atom. The second-order valence-corrected chi connectivity index (χ2v) is 3.81. The van der Waals surface area contributed by atoms with Crippen LogP contribution in [0.2, 0.25) is 0 Å². The van der Waals surface area contributed by atoms with Crippen molar-refractivity contribution in [2.24, 2.45) is 0 Å². The van der Waals surface area contributed by atoms with Crippen LogP contribution in [0.5, 0.6) is 0 Å². The molecule has 0 unspecified atom stereocenters. The quantitative estimate of drug-likeness (QED) is 0.880. The summed E-state index contributed by atoms with van der Waals surface area (Å²) in [6, 6.07) is 3.42. The van der Waals surface area contributed by atoms with E-state index in [2.05, 4.69) is 10.4 Å². The van der Waals surface area contributed by atoms with Crippen molar-refractivity contribution in [3.63, 3.8) is 0 Å². The maximum atomic E-state index is 13.4. The molecule has 1 heterocycles. The van der Waals surface area contributed by atoms with Gasteiger partial charge in [0.05, 0.1) is 12.7 Å². The molecular weight excluding hydrogens is 224 g/mol. The molecule has 0 saturated heterocycles. The summed E-state index contributed by atoms with van der Waals surface area (Å²) in [4.78, 5) is 0. The summed E-state index contributed by atoms with van der Waals surface area (Å²) in [6.45, 7) is 0.930. The van der Waals surface area contributed by atoms with E-state index in [1.165, 1.54) is 6.07 Å². The predicted molar refractivity (Wildman–Crippen MR) is 60.5 cm³/mol. The van der Waals surface area contributed by atoms with Gasteiger partial charge in [-0.25, -0.2) is 8.78 Å². The first kappa shape index (κ1) is 11.7. The molecule has 0 aliphatic rings. The maximum absolute atomic E-state index is 13.4. The molecule has 0 atom stereocenters. The predicted octanol–water partition coefficient (Wildman–Crippen LogP) is 1.93. The average molecular weight is 237 g/mol. The molecule has 0 aliphatic carbocycles. The molecule has 0 bridgehead atoms. The molecule has 0 spiro atoms. The fourth-order valence-electron chi connectivity index (χ4n) is 1.63. The molecule has 17 heavy (non-hydrogen) atoms. The smallest absolute Gasteiger partial charge is 0.128 e. The van der Waals surface area contributed by atoms with Crippen LogP contribution in [-0.4, -0.2) is 16.8 Å². The number of aromatic nitrogens is 2. The third-order valence-electron chi connectivity index (χ3n) is 2.41. The highest BCUT2D eigenvalue weighted by Gasteiger charge is 2.05. The lowest BCUT2D eigenvalue weighted by molar-refractivity contribution is 0.566. The van der Waals surface area contributed by atoms with Crippen molar-refractivity contribution in [3.05, 3.63) is 53.4 Å². The summed E-state index contributed by atoms with van der Waals surface area (Å²) in [5, 5.41) is 7.08. The zero-order valence-corrected chi connectivity index (χ0v) is 9.45. The van der Waals surface area contributed by atoms with Gasteiger partial charge in [-0.2, -0.15) is 5.10 Å². The van der Waals surface area contributed by atoms with Crippen molar-refractivity contribution >= 4 is 0 Å². The van der Waals surface area contributed by atoms with Crippen molar-refractivity contribution < 1.29 is 8.78 Å². The Bertz CT molecular complexity index is 508. The molecule has 0 amide bonds. The van der Waals surface area contributed by atoms with E-state index in [0.717, 1.165) is 17.7 Å². The van der Waals surface area contributed by atoms with E-state index >= 15 is 0 Å². The lowest BCUT2D eigenvalue weighted by Crippen LogP contribution is -2.05. The molecule has 0 radical (unpaired) electrons. The first-order valence-electron chi connectivity index (χ1n) is 5.29. The molecule has 1 aromatic heterocycles. The van der Waals surface area contributed by atoms with Gasteiger partial charge in [-0.15, -0.1) is 0 Å². The van der Waals surface area contributed by atoms with Gasteiger partial charge in [0.2, 0.25) is 0 Å². The summed E-state index contributed by atoms with van der Waals surface area (Å²) in [7, 11) is 1.84. The molecule has 3 nitrogen and oxygen atoms in total. The molecule has 0 saturated carbocycles. The van der Waals surface area contributed by atoms with Gasteiger partial charge in [-0.05, 0) is 25.2 Å². The third kappa shape index (κ3) is 2.88. The summed E-state index contributed by atoms with van der Waals surface area (Å²) in [5.74, 6) is -0.860. The third-order valence-corrected chi connectivity index (χ3v) is 2.41. The number of nitrogens with one attached hydrogen (secondary N) is 1. The van der Waals surface area contributed by atoms with E-state index in [0.29, 0.717) is 12.1 Å². The summed E-state index contributed by atoms with van der Waals surface area (Å²) < 4.78 is 27.9. The highest BCUT2D eigenvalue weighted by molar-refractivity contribution is 5.19. The minimum absolute atomic E-state index is 0.229. The Hall–Kier alpha value is -1.75. The monoisotopic (exact) mass is 237 g/mol. The Kier molecular flexibility index (Phi) is 3.49. The fraction of sp³-hybridized carbons (Fsp3) is 0.250. The number of halogens is 2. The molecule has 1 N–H and O–H groups in total. The highest BCUT2D eigenvalue weighted by Crippen LogP contribution is 2.11. The van der Waals surface area contributed by atoms with Gasteiger partial charge in [-0.1, -0.05) is 0 Å². The van der Waals surface area contributed by atoms with Crippen LogP contribution in [0.4, 0.5) is 8.78 Å². The zero-order chi connectivity index (χ0) is 12.3. The molecule has 5 heteroatoms. The van der Waals surface area contributed by atoms with Gasteiger partial charge < -0.3 is 5.32 Å². The van der Waals surface area contributed by atoms with E-state index in [-0.39, 0.29) is 6.54 Å². The van der Waals surface area contributed by atoms with Crippen molar-refractivity contribution in [1.29, 1.82) is 0 Å². The lowest BCUT2D eigenvalue weighted by atomic mass is 10.2. The highest BCUT2D eigenvalue weighted by atomic mass is 19.1. The normalized spacial score (nSPS) is 10.8. The minimum Gasteiger partial charge on any atom is -0.316 e. The van der Waals surface area contributed by atoms with Crippen LogP contribution in [-0.2, 0) is 13.1 Å². The topological polar surface area (TPSA) is 29.9 Å². The second kappa shape index (κ2) is 5.05. The Balaban J connectivity index is 2.16. The van der Waals surface area contributed by atoms with E-state index in [1.807, 2.05) is 7.05 Å². The first-order valence-corrected chi connectivity index (χ1v) is 5.29. The maximum Gasteiger partial charge on any atom is 0.128 e. The first-order chi connectivity index (χ1) is 8.19. The van der Waals surface area contributed by atoms with Crippen LogP contribution < -0.4 is 5.32 Å². The Labute approximate surface area is 98.1 Å². The summed E-state index contributed by atoms with van der Waals surface area (Å²) >= 11 is 0. The molecule has 2 rings (SSSR count). The molecule has 1 aromatic carbocycles. The van der Waals surface area contributed by atoms with E-state index in [9.17, 15) is 8.78 Å². The zero-order valence-electron chi connectivity index (χ0n) is 9.45. The molecule has 0 aliphatic heterocycles. The fourth-order valence-corrected chi connectivity index (χ4v) is 1.63. The minimum atomic E-state index is -0.441. The van der Waals surface area contributed by atoms with Crippen LogP contribution in [0.1, 0.15) is 11.1 Å². The Morgan fingerprint density at radius 1 is 1.35 bits per heavy atom. The summed E-state index contributed by atoms with van der Waals surface area (Å²) in [5.41, 5.74) is 1.30. The standard InChI is InChI=1S/C12H13F2N3/c1-15-5-9-6-16-17(7-9)8-10-4-11(13)2-3-12(10)14/h2-4,6-7,15H,5,8H2,1H3. The largest absolute Gasteiger partial charge is 0.316 e. The molecular formula is C12H13F2N3. The van der Waals surface area contributed by atoms with Crippen LogP contribution in [0.15, 0.2) is 30.6 Å². The SMILES string of the molecule is CNCc1cnn(Cc2cc(F)ccc2F)c1. The number of rotatable bonds is 4. The van der Waals surface area contributed by atoms with E-state index in [1.54, 1.807) is 17.1 Å². The summed E-state index contributed by atoms with van der Waals surface area (Å²) in [6.07, 6.45) is 3.51. The molecule has 0 fully saturated rings. The Morgan fingerprint density at radius 3 is 2.94 bits per heavy atom. The van der Waals surface area contributed by atoms with Crippen molar-refractivity contribution in [3.8, 4) is 0 Å². The van der Waals surface area contributed by atoms with Gasteiger partial charge in [0.25, 0.3) is 0 Å². The van der Waals surface area contributed by atoms with Gasteiger partial charge in [0.1, 0.15) is 11.6 Å². The number of hydrogen-bond donors (Lipinski definition) is 1. The van der Waals surface area contributed by atoms with Crippen molar-refractivity contribution in [2.75, 3.05) is 7.05 Å². The number of benzene rings is 1. The van der Waals surface area contributed by atoms with Crippen LogP contribution >= 0.6 is 0 Å². The molecule has 90 valence electrons. The second-order valence-electron chi connectivity index (χ2n) is 3.81. The average Bonchev–Trinajstić information content (AvgIpc) is 2.72. The lowest BCUT2D eigenvalue weighted by Gasteiger charge is -2.03. The van der Waals surface area contributed by atoms with Crippen LogP contribution in [0, 0.1) is 11.6 Å². The van der Waals surface area contributed by atoms with Crippen molar-refractivity contribution in [2.45, 2.75) is 13.1 Å². The van der Waals surface area contributed by atoms with Gasteiger partial charge in [0, 0.05) is 23.9 Å². The number of hydrogen-bond acceptors (Lipinski definition) is 2. The molecule has 2 aromatic rings. The van der Waals surface area contributed by atoms with E-state index < -0.39 is 11.6 Å². The van der Waals surface area contributed by atoms with Gasteiger partial charge in [0.15, 0.2) is 0 Å². The van der Waals surface area contributed by atoms with Gasteiger partial charge >= 0.3 is 0 Å². The van der Waals surface area contributed by atoms with Crippen LogP contribution in [0.3, 0.4) is 0 Å².